The van der Waals surface area contributed by atoms with E-state index in [4.69, 9.17) is 14.2 Å². The van der Waals surface area contributed by atoms with Crippen LogP contribution in [0.1, 0.15) is 116 Å². The fourth-order valence-electron chi connectivity index (χ4n) is 7.13. The van der Waals surface area contributed by atoms with E-state index >= 15 is 0 Å². The smallest absolute Gasteiger partial charge is 0.119 e. The molecule has 56 heavy (non-hydrogen) atoms. The van der Waals surface area contributed by atoms with E-state index in [0.29, 0.717) is 37.7 Å². The van der Waals surface area contributed by atoms with Crippen molar-refractivity contribution in [3.05, 3.63) is 91.0 Å². The first kappa shape index (κ1) is 47.2. The van der Waals surface area contributed by atoms with E-state index in [9.17, 15) is 15.3 Å². The molecule has 0 saturated carbocycles. The number of para-hydroxylation sites is 3. The quantitative estimate of drug-likeness (QED) is 0.0503. The molecular formula is C48H76N2O6. The summed E-state index contributed by atoms with van der Waals surface area (Å²) in [6, 6.07) is 28.7. The molecule has 3 aromatic rings. The maximum atomic E-state index is 11.0. The molecule has 0 aliphatic heterocycles. The van der Waals surface area contributed by atoms with E-state index in [1.807, 2.05) is 91.0 Å². The van der Waals surface area contributed by atoms with Crippen molar-refractivity contribution < 1.29 is 29.5 Å². The number of aliphatic hydroxyl groups is 3. The molecule has 0 radical (unpaired) electrons. The molecule has 8 heteroatoms. The maximum Gasteiger partial charge on any atom is 0.119 e. The Morgan fingerprint density at radius 3 is 1.02 bits per heavy atom. The van der Waals surface area contributed by atoms with Crippen LogP contribution in [0.25, 0.3) is 0 Å². The van der Waals surface area contributed by atoms with Crippen LogP contribution in [0.2, 0.25) is 0 Å². The number of ether oxygens (including phenoxy) is 3. The van der Waals surface area contributed by atoms with Gasteiger partial charge in [0.1, 0.15) is 55.4 Å². The summed E-state index contributed by atoms with van der Waals surface area (Å²) in [5, 5.41) is 32.9. The molecule has 0 fully saturated rings. The molecule has 8 nitrogen and oxygen atoms in total. The lowest BCUT2D eigenvalue weighted by Gasteiger charge is -2.29. The second-order valence-electron chi connectivity index (χ2n) is 15.6. The zero-order valence-corrected chi connectivity index (χ0v) is 34.7. The lowest BCUT2D eigenvalue weighted by molar-refractivity contribution is 0.0283. The zero-order valence-electron chi connectivity index (χ0n) is 34.7. The van der Waals surface area contributed by atoms with Gasteiger partial charge in [-0.2, -0.15) is 0 Å². The Kier molecular flexibility index (Phi) is 26.9. The van der Waals surface area contributed by atoms with Gasteiger partial charge in [-0.3, -0.25) is 4.90 Å². The molecule has 0 spiro atoms. The number of nitrogens with zero attached hydrogens (tertiary/aromatic N) is 2. The molecule has 0 heterocycles. The van der Waals surface area contributed by atoms with Crippen LogP contribution in [0.3, 0.4) is 0 Å². The van der Waals surface area contributed by atoms with E-state index in [-0.39, 0.29) is 19.8 Å². The Morgan fingerprint density at radius 2 is 0.661 bits per heavy atom. The van der Waals surface area contributed by atoms with Crippen LogP contribution in [0, 0.1) is 0 Å². The molecular weight excluding hydrogens is 701 g/mol. The van der Waals surface area contributed by atoms with Gasteiger partial charge in [0.25, 0.3) is 0 Å². The molecule has 3 aromatic carbocycles. The van der Waals surface area contributed by atoms with Gasteiger partial charge in [-0.1, -0.05) is 158 Å². The van der Waals surface area contributed by atoms with Gasteiger partial charge in [-0.05, 0) is 68.9 Å². The molecule has 0 amide bonds. The average molecular weight is 777 g/mol. The van der Waals surface area contributed by atoms with Gasteiger partial charge in [0.05, 0.1) is 0 Å². The highest BCUT2D eigenvalue weighted by Gasteiger charge is 2.19. The Balaban J connectivity index is 1.43. The summed E-state index contributed by atoms with van der Waals surface area (Å²) in [6.45, 7) is 6.50. The van der Waals surface area contributed by atoms with Gasteiger partial charge < -0.3 is 34.4 Å². The molecule has 3 atom stereocenters. The predicted octanol–water partition coefficient (Wildman–Crippen LogP) is 9.56. The molecule has 3 unspecified atom stereocenters. The topological polar surface area (TPSA) is 94.9 Å². The number of rotatable bonds is 36. The van der Waals surface area contributed by atoms with E-state index in [1.165, 1.54) is 96.3 Å². The predicted molar refractivity (Wildman–Crippen MR) is 231 cm³/mol. The third-order valence-electron chi connectivity index (χ3n) is 10.2. The minimum Gasteiger partial charge on any atom is -0.491 e. The Labute approximate surface area is 340 Å². The third-order valence-corrected chi connectivity index (χ3v) is 10.2. The van der Waals surface area contributed by atoms with E-state index < -0.39 is 18.3 Å². The van der Waals surface area contributed by atoms with E-state index in [1.54, 1.807) is 0 Å². The highest BCUT2D eigenvalue weighted by Crippen LogP contribution is 2.16. The Morgan fingerprint density at radius 1 is 0.375 bits per heavy atom. The van der Waals surface area contributed by atoms with Gasteiger partial charge >= 0.3 is 0 Å². The van der Waals surface area contributed by atoms with E-state index in [2.05, 4.69) is 16.7 Å². The molecule has 314 valence electrons. The molecule has 0 aliphatic carbocycles. The van der Waals surface area contributed by atoms with Crippen molar-refractivity contribution in [2.45, 2.75) is 134 Å². The summed E-state index contributed by atoms with van der Waals surface area (Å²) in [5.74, 6) is 2.19. The van der Waals surface area contributed by atoms with E-state index in [0.717, 1.165) is 31.7 Å². The standard InChI is InChI=1S/C48H76N2O6/c1-2-3-4-5-6-7-8-9-10-11-12-13-14-15-16-26-34-49(37-43(51)40-54-46-28-20-17-21-29-46)35-27-36-50(38-44(52)41-55-47-30-22-18-23-31-47)39-45(53)42-56-48-32-24-19-25-33-48/h17-25,28-33,43-45,51-53H,2-16,26-27,34-42H2,1H3. The monoisotopic (exact) mass is 777 g/mol. The number of benzene rings is 3. The lowest BCUT2D eigenvalue weighted by atomic mass is 10.0. The number of hydrogen-bond acceptors (Lipinski definition) is 8. The highest BCUT2D eigenvalue weighted by atomic mass is 16.5. The highest BCUT2D eigenvalue weighted by molar-refractivity contribution is 5.22. The molecule has 0 saturated heterocycles. The lowest BCUT2D eigenvalue weighted by Crippen LogP contribution is -2.43. The summed E-state index contributed by atoms with van der Waals surface area (Å²) < 4.78 is 17.5. The first-order valence-electron chi connectivity index (χ1n) is 22.0. The van der Waals surface area contributed by atoms with Gasteiger partial charge in [0.15, 0.2) is 0 Å². The molecule has 3 rings (SSSR count). The Hall–Kier alpha value is -3.14. The number of hydrogen-bond donors (Lipinski definition) is 3. The SMILES string of the molecule is CCCCCCCCCCCCCCCCCCN(CCCN(CC(O)COc1ccccc1)CC(O)COc1ccccc1)CC(O)COc1ccccc1. The first-order chi connectivity index (χ1) is 27.5. The normalized spacial score (nSPS) is 13.2. The largest absolute Gasteiger partial charge is 0.491 e. The Bertz CT molecular complexity index is 1240. The van der Waals surface area contributed by atoms with Crippen LogP contribution in [0.15, 0.2) is 91.0 Å². The molecule has 3 N–H and O–H groups in total. The maximum absolute atomic E-state index is 11.0. The summed E-state index contributed by atoms with van der Waals surface area (Å²) in [6.07, 6.45) is 20.2. The van der Waals surface area contributed by atoms with Crippen molar-refractivity contribution in [2.24, 2.45) is 0 Å². The van der Waals surface area contributed by atoms with Crippen molar-refractivity contribution in [2.75, 3.05) is 59.1 Å². The minimum atomic E-state index is -0.726. The van der Waals surface area contributed by atoms with Crippen LogP contribution in [-0.4, -0.2) is 103 Å². The summed E-state index contributed by atoms with van der Waals surface area (Å²) >= 11 is 0. The summed E-state index contributed by atoms with van der Waals surface area (Å²) in [4.78, 5) is 4.45. The second-order valence-corrected chi connectivity index (χ2v) is 15.6. The van der Waals surface area contributed by atoms with Crippen LogP contribution in [0.5, 0.6) is 17.2 Å². The van der Waals surface area contributed by atoms with Crippen LogP contribution in [-0.2, 0) is 0 Å². The van der Waals surface area contributed by atoms with Crippen LogP contribution < -0.4 is 14.2 Å². The van der Waals surface area contributed by atoms with Crippen molar-refractivity contribution in [1.82, 2.24) is 9.80 Å². The van der Waals surface area contributed by atoms with Crippen molar-refractivity contribution in [1.29, 1.82) is 0 Å². The minimum absolute atomic E-state index is 0.163. The fourth-order valence-corrected chi connectivity index (χ4v) is 7.13. The zero-order chi connectivity index (χ0) is 39.7. The van der Waals surface area contributed by atoms with Gasteiger partial charge in [0.2, 0.25) is 0 Å². The molecule has 0 aliphatic rings. The fraction of sp³-hybridized carbons (Fsp3) is 0.625. The van der Waals surface area contributed by atoms with Crippen molar-refractivity contribution in [3.8, 4) is 17.2 Å². The third kappa shape index (κ3) is 24.5. The summed E-state index contributed by atoms with van der Waals surface area (Å²) in [7, 11) is 0. The van der Waals surface area contributed by atoms with Gasteiger partial charge in [0, 0.05) is 19.6 Å². The van der Waals surface area contributed by atoms with Crippen molar-refractivity contribution >= 4 is 0 Å². The molecule has 0 bridgehead atoms. The molecule has 0 aromatic heterocycles. The number of unbranched alkanes of at least 4 members (excludes halogenated alkanes) is 15. The van der Waals surface area contributed by atoms with Crippen molar-refractivity contribution in [3.63, 3.8) is 0 Å². The first-order valence-corrected chi connectivity index (χ1v) is 22.0. The van der Waals surface area contributed by atoms with Gasteiger partial charge in [-0.15, -0.1) is 0 Å². The van der Waals surface area contributed by atoms with Crippen LogP contribution >= 0.6 is 0 Å². The van der Waals surface area contributed by atoms with Gasteiger partial charge in [-0.25, -0.2) is 0 Å². The van der Waals surface area contributed by atoms with Crippen LogP contribution in [0.4, 0.5) is 0 Å². The summed E-state index contributed by atoms with van der Waals surface area (Å²) in [5.41, 5.74) is 0. The number of aliphatic hydroxyl groups excluding tert-OH is 3. The average Bonchev–Trinajstić information content (AvgIpc) is 3.22. The second kappa shape index (κ2) is 31.9.